The number of fused-ring (bicyclic) bond motifs is 1. The van der Waals surface area contributed by atoms with E-state index in [1.807, 2.05) is 13.8 Å². The SMILES string of the molecule is Cc1cc(C)c2c(c1C)OCC(C)(C)O2. The van der Waals surface area contributed by atoms with Crippen LogP contribution < -0.4 is 9.47 Å². The van der Waals surface area contributed by atoms with E-state index in [1.165, 1.54) is 11.1 Å². The summed E-state index contributed by atoms with van der Waals surface area (Å²) in [6.45, 7) is 11.0. The van der Waals surface area contributed by atoms with Crippen LogP contribution >= 0.6 is 0 Å². The first-order valence-electron chi connectivity index (χ1n) is 5.33. The van der Waals surface area contributed by atoms with Gasteiger partial charge < -0.3 is 9.47 Å². The van der Waals surface area contributed by atoms with Crippen molar-refractivity contribution in [3.8, 4) is 11.5 Å². The zero-order valence-corrected chi connectivity index (χ0v) is 10.1. The lowest BCUT2D eigenvalue weighted by molar-refractivity contribution is 0.0200. The predicted octanol–water partition coefficient (Wildman–Crippen LogP) is 3.16. The van der Waals surface area contributed by atoms with Gasteiger partial charge in [0.25, 0.3) is 0 Å². The van der Waals surface area contributed by atoms with Crippen molar-refractivity contribution in [1.82, 2.24) is 0 Å². The monoisotopic (exact) mass is 206 g/mol. The van der Waals surface area contributed by atoms with E-state index in [0.29, 0.717) is 6.61 Å². The van der Waals surface area contributed by atoms with Crippen LogP contribution in [0.4, 0.5) is 0 Å². The van der Waals surface area contributed by atoms with Crippen LogP contribution in [0.1, 0.15) is 30.5 Å². The zero-order chi connectivity index (χ0) is 11.2. The number of hydrogen-bond acceptors (Lipinski definition) is 2. The zero-order valence-electron chi connectivity index (χ0n) is 10.1. The van der Waals surface area contributed by atoms with Crippen molar-refractivity contribution in [2.75, 3.05) is 6.61 Å². The molecule has 0 unspecified atom stereocenters. The van der Waals surface area contributed by atoms with E-state index < -0.39 is 0 Å². The lowest BCUT2D eigenvalue weighted by Crippen LogP contribution is -2.39. The fraction of sp³-hybridized carbons (Fsp3) is 0.538. The van der Waals surface area contributed by atoms with Crippen LogP contribution in [0.5, 0.6) is 11.5 Å². The number of aryl methyl sites for hydroxylation is 2. The first-order valence-corrected chi connectivity index (χ1v) is 5.33. The van der Waals surface area contributed by atoms with Crippen molar-refractivity contribution in [2.45, 2.75) is 40.2 Å². The minimum atomic E-state index is -0.223. The third-order valence-electron chi connectivity index (χ3n) is 2.87. The second-order valence-corrected chi connectivity index (χ2v) is 4.94. The van der Waals surface area contributed by atoms with E-state index in [4.69, 9.17) is 9.47 Å². The molecule has 0 N–H and O–H groups in total. The molecule has 0 bridgehead atoms. The van der Waals surface area contributed by atoms with Crippen molar-refractivity contribution in [3.63, 3.8) is 0 Å². The molecule has 82 valence electrons. The quantitative estimate of drug-likeness (QED) is 0.649. The standard InChI is InChI=1S/C13H18O2/c1-8-6-9(2)11-12(10(8)3)14-7-13(4,5)15-11/h6H,7H2,1-5H3. The molecule has 0 atom stereocenters. The number of benzene rings is 1. The van der Waals surface area contributed by atoms with Gasteiger partial charge in [-0.25, -0.2) is 0 Å². The van der Waals surface area contributed by atoms with Crippen LogP contribution in [0.15, 0.2) is 6.07 Å². The minimum absolute atomic E-state index is 0.223. The van der Waals surface area contributed by atoms with Gasteiger partial charge in [-0.3, -0.25) is 0 Å². The van der Waals surface area contributed by atoms with Gasteiger partial charge in [-0.05, 0) is 51.3 Å². The predicted molar refractivity (Wildman–Crippen MR) is 60.9 cm³/mol. The molecular weight excluding hydrogens is 188 g/mol. The molecule has 1 aliphatic rings. The average Bonchev–Trinajstić information content (AvgIpc) is 2.13. The Morgan fingerprint density at radius 1 is 1.07 bits per heavy atom. The third-order valence-corrected chi connectivity index (χ3v) is 2.87. The third kappa shape index (κ3) is 1.69. The van der Waals surface area contributed by atoms with Crippen LogP contribution in [-0.4, -0.2) is 12.2 Å². The summed E-state index contributed by atoms with van der Waals surface area (Å²) < 4.78 is 11.8. The van der Waals surface area contributed by atoms with Crippen molar-refractivity contribution in [3.05, 3.63) is 22.8 Å². The maximum atomic E-state index is 5.96. The van der Waals surface area contributed by atoms with Crippen molar-refractivity contribution >= 4 is 0 Å². The molecule has 2 rings (SSSR count). The molecule has 0 spiro atoms. The Kier molecular flexibility index (Phi) is 2.18. The summed E-state index contributed by atoms with van der Waals surface area (Å²) in [7, 11) is 0. The van der Waals surface area contributed by atoms with Gasteiger partial charge in [-0.2, -0.15) is 0 Å². The van der Waals surface area contributed by atoms with Crippen molar-refractivity contribution < 1.29 is 9.47 Å². The lowest BCUT2D eigenvalue weighted by Gasteiger charge is -2.34. The van der Waals surface area contributed by atoms with Gasteiger partial charge in [0.2, 0.25) is 0 Å². The van der Waals surface area contributed by atoms with Gasteiger partial charge in [0.1, 0.15) is 12.2 Å². The van der Waals surface area contributed by atoms with Gasteiger partial charge in [0.15, 0.2) is 11.5 Å². The maximum absolute atomic E-state index is 5.96. The second kappa shape index (κ2) is 3.16. The number of rotatable bonds is 0. The Morgan fingerprint density at radius 2 is 1.73 bits per heavy atom. The fourth-order valence-corrected chi connectivity index (χ4v) is 1.88. The Hall–Kier alpha value is -1.18. The van der Waals surface area contributed by atoms with Gasteiger partial charge in [0.05, 0.1) is 0 Å². The molecule has 15 heavy (non-hydrogen) atoms. The molecule has 0 saturated heterocycles. The molecule has 2 heteroatoms. The van der Waals surface area contributed by atoms with Crippen molar-refractivity contribution in [2.24, 2.45) is 0 Å². The van der Waals surface area contributed by atoms with E-state index >= 15 is 0 Å². The van der Waals surface area contributed by atoms with E-state index in [2.05, 4.69) is 26.8 Å². The highest BCUT2D eigenvalue weighted by molar-refractivity contribution is 5.55. The molecule has 2 nitrogen and oxygen atoms in total. The summed E-state index contributed by atoms with van der Waals surface area (Å²) in [6, 6.07) is 2.15. The highest BCUT2D eigenvalue weighted by Gasteiger charge is 2.30. The lowest BCUT2D eigenvalue weighted by atomic mass is 10.0. The van der Waals surface area contributed by atoms with Crippen LogP contribution in [0.25, 0.3) is 0 Å². The normalized spacial score (nSPS) is 17.7. The molecule has 1 aliphatic heterocycles. The molecule has 1 aromatic carbocycles. The highest BCUT2D eigenvalue weighted by Crippen LogP contribution is 2.41. The largest absolute Gasteiger partial charge is 0.485 e. The van der Waals surface area contributed by atoms with Crippen LogP contribution in [0.2, 0.25) is 0 Å². The molecule has 0 fully saturated rings. The van der Waals surface area contributed by atoms with E-state index in [0.717, 1.165) is 17.1 Å². The van der Waals surface area contributed by atoms with Crippen LogP contribution in [0, 0.1) is 20.8 Å². The smallest absolute Gasteiger partial charge is 0.165 e. The molecule has 0 radical (unpaired) electrons. The Balaban J connectivity index is 2.56. The first-order chi connectivity index (χ1) is 6.91. The molecule has 0 aromatic heterocycles. The van der Waals surface area contributed by atoms with E-state index in [1.54, 1.807) is 0 Å². The van der Waals surface area contributed by atoms with Crippen LogP contribution in [0.3, 0.4) is 0 Å². The minimum Gasteiger partial charge on any atom is -0.485 e. The molecule has 0 aliphatic carbocycles. The summed E-state index contributed by atoms with van der Waals surface area (Å²) in [5.74, 6) is 1.83. The summed E-state index contributed by atoms with van der Waals surface area (Å²) in [4.78, 5) is 0. The first kappa shape index (κ1) is 10.3. The van der Waals surface area contributed by atoms with Gasteiger partial charge in [0, 0.05) is 0 Å². The maximum Gasteiger partial charge on any atom is 0.165 e. The van der Waals surface area contributed by atoms with Gasteiger partial charge >= 0.3 is 0 Å². The molecule has 0 amide bonds. The Bertz CT molecular complexity index is 405. The van der Waals surface area contributed by atoms with E-state index in [9.17, 15) is 0 Å². The van der Waals surface area contributed by atoms with E-state index in [-0.39, 0.29) is 5.60 Å². The molecular formula is C13H18O2. The average molecular weight is 206 g/mol. The Morgan fingerprint density at radius 3 is 2.40 bits per heavy atom. The van der Waals surface area contributed by atoms with Crippen molar-refractivity contribution in [1.29, 1.82) is 0 Å². The second-order valence-electron chi connectivity index (χ2n) is 4.94. The highest BCUT2D eigenvalue weighted by atomic mass is 16.6. The summed E-state index contributed by atoms with van der Waals surface area (Å²) >= 11 is 0. The van der Waals surface area contributed by atoms with Crippen LogP contribution in [-0.2, 0) is 0 Å². The fourth-order valence-electron chi connectivity index (χ4n) is 1.88. The van der Waals surface area contributed by atoms with Gasteiger partial charge in [-0.1, -0.05) is 6.07 Å². The summed E-state index contributed by atoms with van der Waals surface area (Å²) in [5.41, 5.74) is 3.38. The van der Waals surface area contributed by atoms with Gasteiger partial charge in [-0.15, -0.1) is 0 Å². The summed E-state index contributed by atoms with van der Waals surface area (Å²) in [5, 5.41) is 0. The molecule has 1 aromatic rings. The molecule has 0 saturated carbocycles. The summed E-state index contributed by atoms with van der Waals surface area (Å²) in [6.07, 6.45) is 0. The number of hydrogen-bond donors (Lipinski definition) is 0. The topological polar surface area (TPSA) is 18.5 Å². The molecule has 1 heterocycles. The number of ether oxygens (including phenoxy) is 2. The Labute approximate surface area is 91.2 Å².